The molecule has 1 aliphatic rings. The maximum Gasteiger partial charge on any atom is 0.333 e. The van der Waals surface area contributed by atoms with E-state index in [0.29, 0.717) is 5.57 Å². The summed E-state index contributed by atoms with van der Waals surface area (Å²) in [6, 6.07) is 0. The zero-order chi connectivity index (χ0) is 12.1. The lowest BCUT2D eigenvalue weighted by molar-refractivity contribution is -0.156. The van der Waals surface area contributed by atoms with Crippen molar-refractivity contribution < 1.29 is 14.3 Å². The van der Waals surface area contributed by atoms with E-state index in [-0.39, 0.29) is 5.91 Å². The van der Waals surface area contributed by atoms with Gasteiger partial charge in [0.15, 0.2) is 6.10 Å². The van der Waals surface area contributed by atoms with E-state index in [4.69, 9.17) is 4.74 Å². The van der Waals surface area contributed by atoms with Gasteiger partial charge in [0.05, 0.1) is 0 Å². The van der Waals surface area contributed by atoms with E-state index in [0.717, 1.165) is 25.9 Å². The fourth-order valence-corrected chi connectivity index (χ4v) is 1.68. The molecule has 1 saturated heterocycles. The highest BCUT2D eigenvalue weighted by molar-refractivity contribution is 5.90. The van der Waals surface area contributed by atoms with E-state index in [1.807, 2.05) is 0 Å². The fraction of sp³-hybridized carbons (Fsp3) is 0.667. The first-order valence-electron chi connectivity index (χ1n) is 5.67. The lowest BCUT2D eigenvalue weighted by Crippen LogP contribution is -2.42. The Hall–Kier alpha value is -1.32. The number of piperidine rings is 1. The van der Waals surface area contributed by atoms with Crippen LogP contribution in [0.2, 0.25) is 0 Å². The molecule has 1 rings (SSSR count). The Morgan fingerprint density at radius 2 is 1.81 bits per heavy atom. The fourth-order valence-electron chi connectivity index (χ4n) is 1.68. The third-order valence-electron chi connectivity index (χ3n) is 2.65. The summed E-state index contributed by atoms with van der Waals surface area (Å²) in [5.41, 5.74) is 0.318. The Kier molecular flexibility index (Phi) is 4.52. The van der Waals surface area contributed by atoms with Crippen LogP contribution < -0.4 is 0 Å². The van der Waals surface area contributed by atoms with Crippen molar-refractivity contribution in [1.29, 1.82) is 0 Å². The molecule has 1 amide bonds. The van der Waals surface area contributed by atoms with Gasteiger partial charge >= 0.3 is 5.97 Å². The number of rotatable bonds is 3. The van der Waals surface area contributed by atoms with E-state index in [9.17, 15) is 9.59 Å². The van der Waals surface area contributed by atoms with Gasteiger partial charge in [-0.1, -0.05) is 6.58 Å². The summed E-state index contributed by atoms with van der Waals surface area (Å²) in [5.74, 6) is -0.604. The van der Waals surface area contributed by atoms with Gasteiger partial charge in [-0.25, -0.2) is 4.79 Å². The molecule has 0 aromatic heterocycles. The maximum absolute atomic E-state index is 11.9. The number of nitrogens with zero attached hydrogens (tertiary/aromatic N) is 1. The quantitative estimate of drug-likeness (QED) is 0.540. The van der Waals surface area contributed by atoms with E-state index in [2.05, 4.69) is 6.58 Å². The molecule has 16 heavy (non-hydrogen) atoms. The van der Waals surface area contributed by atoms with Crippen LogP contribution >= 0.6 is 0 Å². The van der Waals surface area contributed by atoms with Crippen LogP contribution in [-0.2, 0) is 14.3 Å². The lowest BCUT2D eigenvalue weighted by atomic mass is 10.1. The molecule has 0 spiro atoms. The summed E-state index contributed by atoms with van der Waals surface area (Å²) in [5, 5.41) is 0. The molecule has 90 valence electrons. The average molecular weight is 225 g/mol. The molecule has 0 N–H and O–H groups in total. The molecule has 4 heteroatoms. The molecule has 0 aliphatic carbocycles. The largest absolute Gasteiger partial charge is 0.449 e. The highest BCUT2D eigenvalue weighted by atomic mass is 16.5. The zero-order valence-electron chi connectivity index (χ0n) is 9.99. The zero-order valence-corrected chi connectivity index (χ0v) is 9.99. The van der Waals surface area contributed by atoms with Gasteiger partial charge < -0.3 is 9.64 Å². The predicted octanol–water partition coefficient (Wildman–Crippen LogP) is 1.51. The number of esters is 1. The lowest BCUT2D eigenvalue weighted by Gasteiger charge is -2.28. The van der Waals surface area contributed by atoms with Gasteiger partial charge in [-0.05, 0) is 33.1 Å². The molecule has 0 aromatic carbocycles. The van der Waals surface area contributed by atoms with Gasteiger partial charge in [0.25, 0.3) is 5.91 Å². The van der Waals surface area contributed by atoms with Crippen LogP contribution in [0.3, 0.4) is 0 Å². The van der Waals surface area contributed by atoms with Crippen molar-refractivity contribution in [3.05, 3.63) is 12.2 Å². The maximum atomic E-state index is 11.9. The monoisotopic (exact) mass is 225 g/mol. The molecular formula is C12H19NO3. The van der Waals surface area contributed by atoms with Crippen LogP contribution in [0.4, 0.5) is 0 Å². The molecule has 1 fully saturated rings. The number of hydrogen-bond acceptors (Lipinski definition) is 3. The molecule has 0 bridgehead atoms. The van der Waals surface area contributed by atoms with Crippen molar-refractivity contribution in [3.63, 3.8) is 0 Å². The third kappa shape index (κ3) is 3.36. The van der Waals surface area contributed by atoms with Crippen LogP contribution in [0.1, 0.15) is 33.1 Å². The second kappa shape index (κ2) is 5.68. The molecule has 0 radical (unpaired) electrons. The average Bonchev–Trinajstić information content (AvgIpc) is 2.28. The number of ether oxygens (including phenoxy) is 1. The third-order valence-corrected chi connectivity index (χ3v) is 2.65. The Bertz CT molecular complexity index is 293. The van der Waals surface area contributed by atoms with E-state index in [1.165, 1.54) is 6.42 Å². The Labute approximate surface area is 96.3 Å². The summed E-state index contributed by atoms with van der Waals surface area (Å²) in [7, 11) is 0. The van der Waals surface area contributed by atoms with Crippen molar-refractivity contribution in [2.75, 3.05) is 13.1 Å². The van der Waals surface area contributed by atoms with Crippen LogP contribution in [-0.4, -0.2) is 36.0 Å². The van der Waals surface area contributed by atoms with Crippen LogP contribution in [0.25, 0.3) is 0 Å². The summed E-state index contributed by atoms with van der Waals surface area (Å²) in [6.07, 6.45) is 2.53. The number of carbonyl (C=O) groups excluding carboxylic acids is 2. The van der Waals surface area contributed by atoms with E-state index in [1.54, 1.807) is 18.7 Å². The molecule has 1 heterocycles. The number of carbonyl (C=O) groups is 2. The van der Waals surface area contributed by atoms with E-state index >= 15 is 0 Å². The Balaban J connectivity index is 2.46. The molecule has 1 atom stereocenters. The minimum atomic E-state index is -0.706. The molecular weight excluding hydrogens is 206 g/mol. The number of hydrogen-bond donors (Lipinski definition) is 0. The minimum absolute atomic E-state index is 0.102. The van der Waals surface area contributed by atoms with Gasteiger partial charge in [0.2, 0.25) is 0 Å². The number of likely N-dealkylation sites (tertiary alicyclic amines) is 1. The highest BCUT2D eigenvalue weighted by Crippen LogP contribution is 2.11. The van der Waals surface area contributed by atoms with Crippen molar-refractivity contribution in [1.82, 2.24) is 4.90 Å². The first kappa shape index (κ1) is 12.7. The normalized spacial score (nSPS) is 17.8. The second-order valence-corrected chi connectivity index (χ2v) is 4.21. The second-order valence-electron chi connectivity index (χ2n) is 4.21. The predicted molar refractivity (Wildman–Crippen MR) is 60.8 cm³/mol. The molecule has 0 aromatic rings. The summed E-state index contributed by atoms with van der Waals surface area (Å²) < 4.78 is 5.00. The summed E-state index contributed by atoms with van der Waals surface area (Å²) in [6.45, 7) is 8.20. The summed E-state index contributed by atoms with van der Waals surface area (Å²) >= 11 is 0. The highest BCUT2D eigenvalue weighted by Gasteiger charge is 2.24. The van der Waals surface area contributed by atoms with Crippen molar-refractivity contribution in [3.8, 4) is 0 Å². The molecule has 1 aliphatic heterocycles. The molecule has 4 nitrogen and oxygen atoms in total. The minimum Gasteiger partial charge on any atom is -0.449 e. The first-order chi connectivity index (χ1) is 7.52. The van der Waals surface area contributed by atoms with Gasteiger partial charge in [-0.15, -0.1) is 0 Å². The molecule has 0 saturated carbocycles. The van der Waals surface area contributed by atoms with E-state index < -0.39 is 12.1 Å². The van der Waals surface area contributed by atoms with Crippen LogP contribution in [0, 0.1) is 0 Å². The van der Waals surface area contributed by atoms with Crippen LogP contribution in [0.15, 0.2) is 12.2 Å². The Morgan fingerprint density at radius 1 is 1.25 bits per heavy atom. The summed E-state index contributed by atoms with van der Waals surface area (Å²) in [4.78, 5) is 24.9. The molecule has 1 unspecified atom stereocenters. The van der Waals surface area contributed by atoms with Gasteiger partial charge in [0, 0.05) is 18.7 Å². The van der Waals surface area contributed by atoms with Gasteiger partial charge in [-0.2, -0.15) is 0 Å². The Morgan fingerprint density at radius 3 is 2.31 bits per heavy atom. The van der Waals surface area contributed by atoms with Crippen molar-refractivity contribution >= 4 is 11.9 Å². The van der Waals surface area contributed by atoms with Crippen LogP contribution in [0.5, 0.6) is 0 Å². The van der Waals surface area contributed by atoms with Crippen molar-refractivity contribution in [2.24, 2.45) is 0 Å². The first-order valence-corrected chi connectivity index (χ1v) is 5.67. The topological polar surface area (TPSA) is 46.6 Å². The number of amides is 1. The smallest absolute Gasteiger partial charge is 0.333 e. The van der Waals surface area contributed by atoms with Gasteiger partial charge in [-0.3, -0.25) is 4.79 Å². The standard InChI is InChI=1S/C12H19NO3/c1-9(2)12(15)16-10(3)11(14)13-7-5-4-6-8-13/h10H,1,4-8H2,2-3H3. The van der Waals surface area contributed by atoms with Crippen molar-refractivity contribution in [2.45, 2.75) is 39.2 Å². The van der Waals surface area contributed by atoms with Gasteiger partial charge in [0.1, 0.15) is 0 Å². The SMILES string of the molecule is C=C(C)C(=O)OC(C)C(=O)N1CCCCC1.